The summed E-state index contributed by atoms with van der Waals surface area (Å²) in [5.74, 6) is 0. The van der Waals surface area contributed by atoms with Gasteiger partial charge in [-0.2, -0.15) is 5.10 Å². The Bertz CT molecular complexity index is 247. The Morgan fingerprint density at radius 3 is 3.00 bits per heavy atom. The Kier molecular flexibility index (Phi) is 3.82. The first-order chi connectivity index (χ1) is 6.22. The minimum absolute atomic E-state index is 0.327. The van der Waals surface area contributed by atoms with Gasteiger partial charge in [0.05, 0.1) is 6.20 Å². The summed E-state index contributed by atoms with van der Waals surface area (Å²) in [4.78, 5) is 0. The van der Waals surface area contributed by atoms with E-state index in [1.165, 1.54) is 4.68 Å². The minimum Gasteiger partial charge on any atom is -0.313 e. The number of hydrogen-bond acceptors (Lipinski definition) is 2. The lowest BCUT2D eigenvalue weighted by molar-refractivity contribution is 0.122. The van der Waals surface area contributed by atoms with Gasteiger partial charge in [0.25, 0.3) is 6.43 Å². The second-order valence-electron chi connectivity index (χ2n) is 2.74. The Balaban J connectivity index is 2.44. The molecule has 13 heavy (non-hydrogen) atoms. The van der Waals surface area contributed by atoms with Crippen LogP contribution in [0.5, 0.6) is 0 Å². The predicted molar refractivity (Wildman–Crippen MR) is 45.6 cm³/mol. The van der Waals surface area contributed by atoms with Crippen molar-refractivity contribution in [2.24, 2.45) is 0 Å². The van der Waals surface area contributed by atoms with E-state index < -0.39 is 6.43 Å². The second-order valence-corrected chi connectivity index (χ2v) is 2.74. The quantitative estimate of drug-likeness (QED) is 0.755. The molecule has 0 aliphatic heterocycles. The van der Waals surface area contributed by atoms with Gasteiger partial charge < -0.3 is 5.32 Å². The molecule has 0 aliphatic rings. The molecule has 0 saturated heterocycles. The molecule has 1 rings (SSSR count). The van der Waals surface area contributed by atoms with Crippen molar-refractivity contribution in [3.05, 3.63) is 18.0 Å². The first-order valence-corrected chi connectivity index (χ1v) is 4.22. The highest BCUT2D eigenvalue weighted by Gasteiger charge is 2.04. The van der Waals surface area contributed by atoms with Gasteiger partial charge in [0.15, 0.2) is 0 Å². The van der Waals surface area contributed by atoms with E-state index in [2.05, 4.69) is 10.4 Å². The van der Waals surface area contributed by atoms with Gasteiger partial charge in [-0.05, 0) is 6.54 Å². The maximum Gasteiger partial charge on any atom is 0.257 e. The van der Waals surface area contributed by atoms with Crippen molar-refractivity contribution in [1.29, 1.82) is 0 Å². The van der Waals surface area contributed by atoms with Gasteiger partial charge >= 0.3 is 0 Å². The van der Waals surface area contributed by atoms with Gasteiger partial charge in [-0.25, -0.2) is 8.78 Å². The molecule has 5 heteroatoms. The van der Waals surface area contributed by atoms with Gasteiger partial charge in [-0.3, -0.25) is 4.68 Å². The van der Waals surface area contributed by atoms with Crippen molar-refractivity contribution in [3.8, 4) is 0 Å². The fourth-order valence-corrected chi connectivity index (χ4v) is 1.01. The molecule has 0 saturated carbocycles. The van der Waals surface area contributed by atoms with Crippen LogP contribution in [0.4, 0.5) is 8.78 Å². The average Bonchev–Trinajstić information content (AvgIpc) is 2.48. The largest absolute Gasteiger partial charge is 0.313 e. The summed E-state index contributed by atoms with van der Waals surface area (Å²) in [6.45, 7) is 3.20. The number of hydrogen-bond donors (Lipinski definition) is 1. The van der Waals surface area contributed by atoms with Crippen LogP contribution in [0, 0.1) is 0 Å². The SMILES string of the molecule is CCNCc1cnn(CC(F)F)c1. The molecule has 0 fully saturated rings. The summed E-state index contributed by atoms with van der Waals surface area (Å²) < 4.78 is 25.1. The van der Waals surface area contributed by atoms with Crippen LogP contribution in [0.2, 0.25) is 0 Å². The maximum atomic E-state index is 11.9. The molecule has 1 aromatic rings. The summed E-state index contributed by atoms with van der Waals surface area (Å²) in [6, 6.07) is 0. The Morgan fingerprint density at radius 2 is 2.38 bits per heavy atom. The van der Waals surface area contributed by atoms with Crippen LogP contribution in [0.1, 0.15) is 12.5 Å². The topological polar surface area (TPSA) is 29.9 Å². The molecular weight excluding hydrogens is 176 g/mol. The molecule has 0 unspecified atom stereocenters. The Morgan fingerprint density at radius 1 is 1.62 bits per heavy atom. The van der Waals surface area contributed by atoms with Gasteiger partial charge in [0.1, 0.15) is 6.54 Å². The van der Waals surface area contributed by atoms with Crippen molar-refractivity contribution < 1.29 is 8.78 Å². The van der Waals surface area contributed by atoms with Gasteiger partial charge in [-0.15, -0.1) is 0 Å². The average molecular weight is 189 g/mol. The number of rotatable bonds is 5. The molecule has 1 N–H and O–H groups in total. The van der Waals surface area contributed by atoms with E-state index in [9.17, 15) is 8.78 Å². The lowest BCUT2D eigenvalue weighted by atomic mass is 10.3. The zero-order valence-electron chi connectivity index (χ0n) is 7.50. The van der Waals surface area contributed by atoms with Crippen LogP contribution in [-0.4, -0.2) is 22.8 Å². The van der Waals surface area contributed by atoms with Crippen molar-refractivity contribution in [1.82, 2.24) is 15.1 Å². The lowest BCUT2D eigenvalue weighted by Gasteiger charge is -1.98. The number of nitrogens with one attached hydrogen (secondary N) is 1. The summed E-state index contributed by atoms with van der Waals surface area (Å²) in [6.07, 6.45) is 0.895. The molecule has 74 valence electrons. The molecule has 1 heterocycles. The monoisotopic (exact) mass is 189 g/mol. The van der Waals surface area contributed by atoms with E-state index in [1.54, 1.807) is 12.4 Å². The van der Waals surface area contributed by atoms with E-state index in [-0.39, 0.29) is 6.54 Å². The van der Waals surface area contributed by atoms with E-state index >= 15 is 0 Å². The first-order valence-electron chi connectivity index (χ1n) is 4.22. The molecule has 0 spiro atoms. The maximum absolute atomic E-state index is 11.9. The third-order valence-electron chi connectivity index (χ3n) is 1.59. The molecule has 0 atom stereocenters. The van der Waals surface area contributed by atoms with Crippen molar-refractivity contribution in [3.63, 3.8) is 0 Å². The number of aromatic nitrogens is 2. The molecule has 0 bridgehead atoms. The summed E-state index contributed by atoms with van der Waals surface area (Å²) >= 11 is 0. The third-order valence-corrected chi connectivity index (χ3v) is 1.59. The fourth-order valence-electron chi connectivity index (χ4n) is 1.01. The summed E-state index contributed by atoms with van der Waals surface area (Å²) in [5, 5.41) is 6.90. The van der Waals surface area contributed by atoms with Crippen LogP contribution in [0.3, 0.4) is 0 Å². The van der Waals surface area contributed by atoms with Crippen LogP contribution in [-0.2, 0) is 13.1 Å². The summed E-state index contributed by atoms with van der Waals surface area (Å²) in [5.41, 5.74) is 0.933. The molecule has 3 nitrogen and oxygen atoms in total. The summed E-state index contributed by atoms with van der Waals surface area (Å²) in [7, 11) is 0. The lowest BCUT2D eigenvalue weighted by Crippen LogP contribution is -2.11. The van der Waals surface area contributed by atoms with Crippen molar-refractivity contribution in [2.75, 3.05) is 6.54 Å². The third kappa shape index (κ3) is 3.50. The van der Waals surface area contributed by atoms with Crippen LogP contribution in [0.25, 0.3) is 0 Å². The van der Waals surface area contributed by atoms with E-state index in [0.717, 1.165) is 12.1 Å². The smallest absolute Gasteiger partial charge is 0.257 e. The molecule has 0 aliphatic carbocycles. The molecule has 1 aromatic heterocycles. The standard InChI is InChI=1S/C8H13F2N3/c1-2-11-3-7-4-12-13(5-7)6-8(9)10/h4-5,8,11H,2-3,6H2,1H3. The highest BCUT2D eigenvalue weighted by atomic mass is 19.3. The second kappa shape index (κ2) is 4.91. The van der Waals surface area contributed by atoms with E-state index in [4.69, 9.17) is 0 Å². The number of nitrogens with zero attached hydrogens (tertiary/aromatic N) is 2. The molecular formula is C8H13F2N3. The van der Waals surface area contributed by atoms with Crippen LogP contribution in [0.15, 0.2) is 12.4 Å². The van der Waals surface area contributed by atoms with Gasteiger partial charge in [-0.1, -0.05) is 6.92 Å². The zero-order valence-corrected chi connectivity index (χ0v) is 7.50. The Hall–Kier alpha value is -0.970. The number of alkyl halides is 2. The molecule has 0 amide bonds. The molecule has 0 radical (unpaired) electrons. The molecule has 0 aromatic carbocycles. The van der Waals surface area contributed by atoms with Crippen molar-refractivity contribution in [2.45, 2.75) is 26.4 Å². The van der Waals surface area contributed by atoms with Gasteiger partial charge in [0.2, 0.25) is 0 Å². The van der Waals surface area contributed by atoms with Gasteiger partial charge in [0, 0.05) is 18.3 Å². The fraction of sp³-hybridized carbons (Fsp3) is 0.625. The zero-order chi connectivity index (χ0) is 9.68. The van der Waals surface area contributed by atoms with Crippen LogP contribution < -0.4 is 5.32 Å². The van der Waals surface area contributed by atoms with E-state index in [1.807, 2.05) is 6.92 Å². The van der Waals surface area contributed by atoms with Crippen LogP contribution >= 0.6 is 0 Å². The predicted octanol–water partition coefficient (Wildman–Crippen LogP) is 1.26. The highest BCUT2D eigenvalue weighted by molar-refractivity contribution is 5.03. The van der Waals surface area contributed by atoms with E-state index in [0.29, 0.717) is 6.54 Å². The number of halogens is 2. The first kappa shape index (κ1) is 10.1. The normalized spacial score (nSPS) is 11.1. The minimum atomic E-state index is -2.34. The van der Waals surface area contributed by atoms with Crippen molar-refractivity contribution >= 4 is 0 Å². The highest BCUT2D eigenvalue weighted by Crippen LogP contribution is 2.01. The Labute approximate surface area is 75.7 Å².